The van der Waals surface area contributed by atoms with Crippen LogP contribution < -0.4 is 4.90 Å². The highest BCUT2D eigenvalue weighted by atomic mass is 35.5. The van der Waals surface area contributed by atoms with E-state index in [2.05, 4.69) is 33.8 Å². The smallest absolute Gasteiger partial charge is 0.118 e. The van der Waals surface area contributed by atoms with Crippen molar-refractivity contribution in [3.8, 4) is 0 Å². The van der Waals surface area contributed by atoms with Gasteiger partial charge in [0.1, 0.15) is 5.44 Å². The van der Waals surface area contributed by atoms with Crippen LogP contribution in [0, 0.1) is 0 Å². The number of nitrogens with zero attached hydrogens (tertiary/aromatic N) is 3. The van der Waals surface area contributed by atoms with Crippen LogP contribution in [0.25, 0.3) is 0 Å². The van der Waals surface area contributed by atoms with Crippen LogP contribution in [0.1, 0.15) is 5.56 Å². The minimum atomic E-state index is -0.0457. The average molecular weight is 328 g/mol. The minimum absolute atomic E-state index is 0.0457. The van der Waals surface area contributed by atoms with Gasteiger partial charge in [0.15, 0.2) is 0 Å². The van der Waals surface area contributed by atoms with E-state index in [0.29, 0.717) is 11.6 Å². The zero-order valence-electron chi connectivity index (χ0n) is 10.7. The maximum Gasteiger partial charge on any atom is 0.118 e. The second-order valence-corrected chi connectivity index (χ2v) is 6.33. The number of morpholine rings is 1. The molecule has 3 rings (SSSR count). The number of thioether (sulfide) groups is 1. The highest BCUT2D eigenvalue weighted by Crippen LogP contribution is 2.27. The third-order valence-electron chi connectivity index (χ3n) is 3.20. The maximum absolute atomic E-state index is 6.40. The molecule has 7 heteroatoms. The Morgan fingerprint density at radius 3 is 3.05 bits per heavy atom. The molecule has 2 aliphatic heterocycles. The Balaban J connectivity index is 1.83. The van der Waals surface area contributed by atoms with Crippen molar-refractivity contribution in [2.75, 3.05) is 30.3 Å². The number of rotatable bonds is 2. The molecule has 2 heterocycles. The van der Waals surface area contributed by atoms with Crippen LogP contribution in [0.3, 0.4) is 0 Å². The predicted molar refractivity (Wildman–Crippen MR) is 89.9 cm³/mol. The Morgan fingerprint density at radius 2 is 2.35 bits per heavy atom. The molecule has 0 aliphatic carbocycles. The third-order valence-corrected chi connectivity index (χ3v) is 4.51. The van der Waals surface area contributed by atoms with Gasteiger partial charge < -0.3 is 9.64 Å². The van der Waals surface area contributed by atoms with Crippen molar-refractivity contribution in [1.29, 1.82) is 0 Å². The lowest BCUT2D eigenvalue weighted by Gasteiger charge is -2.32. The summed E-state index contributed by atoms with van der Waals surface area (Å²) in [5.74, 6) is 0.804. The van der Waals surface area contributed by atoms with Gasteiger partial charge in [-0.25, -0.2) is 0 Å². The molecule has 1 atom stereocenters. The van der Waals surface area contributed by atoms with E-state index in [1.54, 1.807) is 17.3 Å². The van der Waals surface area contributed by atoms with Gasteiger partial charge in [-0.3, -0.25) is 0 Å². The molecule has 0 radical (unpaired) electrons. The Morgan fingerprint density at radius 1 is 1.45 bits per heavy atom. The Hall–Kier alpha value is -0.690. The van der Waals surface area contributed by atoms with Gasteiger partial charge >= 0.3 is 0 Å². The molecule has 0 saturated carbocycles. The number of thiol groups is 1. The molecular weight excluding hydrogens is 314 g/mol. The van der Waals surface area contributed by atoms with Crippen LogP contribution >= 0.6 is 36.0 Å². The molecule has 4 nitrogen and oxygen atoms in total. The number of benzene rings is 1. The first-order valence-electron chi connectivity index (χ1n) is 6.28. The van der Waals surface area contributed by atoms with Gasteiger partial charge in [0.25, 0.3) is 0 Å². The van der Waals surface area contributed by atoms with E-state index in [-0.39, 0.29) is 5.44 Å². The van der Waals surface area contributed by atoms with Crippen LogP contribution in [-0.4, -0.2) is 42.1 Å². The molecule has 1 fully saturated rings. The zero-order valence-corrected chi connectivity index (χ0v) is 13.2. The second kappa shape index (κ2) is 6.39. The number of anilines is 1. The molecule has 0 spiro atoms. The van der Waals surface area contributed by atoms with Gasteiger partial charge in [-0.1, -0.05) is 11.6 Å². The average Bonchev–Trinajstić information content (AvgIpc) is 2.48. The van der Waals surface area contributed by atoms with E-state index in [0.717, 1.165) is 35.8 Å². The molecule has 0 aromatic heterocycles. The number of ether oxygens (including phenoxy) is 1. The van der Waals surface area contributed by atoms with E-state index in [4.69, 9.17) is 16.3 Å². The Bertz CT molecular complexity index is 565. The summed E-state index contributed by atoms with van der Waals surface area (Å²) in [4.78, 5) is 2.23. The van der Waals surface area contributed by atoms with Gasteiger partial charge in [0.05, 0.1) is 29.4 Å². The number of hydrogen-bond acceptors (Lipinski definition) is 6. The maximum atomic E-state index is 6.40. The fourth-order valence-electron chi connectivity index (χ4n) is 2.20. The lowest BCUT2D eigenvalue weighted by Crippen LogP contribution is -2.40. The summed E-state index contributed by atoms with van der Waals surface area (Å²) >= 11 is 12.4. The summed E-state index contributed by atoms with van der Waals surface area (Å²) in [5, 5.41) is 8.79. The van der Waals surface area contributed by atoms with Gasteiger partial charge in [0.2, 0.25) is 0 Å². The fraction of sp³-hybridized carbons (Fsp3) is 0.385. The van der Waals surface area contributed by atoms with Crippen LogP contribution in [0.2, 0.25) is 5.02 Å². The summed E-state index contributed by atoms with van der Waals surface area (Å²) < 4.78 is 5.43. The van der Waals surface area contributed by atoms with Crippen LogP contribution in [0.5, 0.6) is 0 Å². The normalized spacial score (nSPS) is 22.8. The topological polar surface area (TPSA) is 37.2 Å². The molecule has 1 unspecified atom stereocenters. The van der Waals surface area contributed by atoms with Crippen molar-refractivity contribution in [2.24, 2.45) is 10.2 Å². The monoisotopic (exact) mass is 327 g/mol. The van der Waals surface area contributed by atoms with Crippen LogP contribution in [0.4, 0.5) is 5.69 Å². The molecule has 1 saturated heterocycles. The van der Waals surface area contributed by atoms with Gasteiger partial charge in [-0.15, -0.1) is 24.4 Å². The van der Waals surface area contributed by atoms with Crippen LogP contribution in [0.15, 0.2) is 28.4 Å². The summed E-state index contributed by atoms with van der Waals surface area (Å²) in [6.07, 6.45) is 0. The first kappa shape index (κ1) is 14.3. The summed E-state index contributed by atoms with van der Waals surface area (Å²) in [7, 11) is 0. The summed E-state index contributed by atoms with van der Waals surface area (Å²) in [5.41, 5.74) is 4.66. The molecule has 106 valence electrons. The summed E-state index contributed by atoms with van der Waals surface area (Å²) in [6.45, 7) is 2.30. The van der Waals surface area contributed by atoms with Crippen molar-refractivity contribution < 1.29 is 4.74 Å². The number of halogens is 1. The van der Waals surface area contributed by atoms with Crippen LogP contribution in [-0.2, 0) is 4.74 Å². The predicted octanol–water partition coefficient (Wildman–Crippen LogP) is 2.91. The third kappa shape index (κ3) is 3.14. The lowest BCUT2D eigenvalue weighted by atomic mass is 10.1. The van der Waals surface area contributed by atoms with E-state index in [9.17, 15) is 0 Å². The van der Waals surface area contributed by atoms with E-state index in [1.165, 1.54) is 0 Å². The largest absolute Gasteiger partial charge is 0.366 e. The van der Waals surface area contributed by atoms with Crippen molar-refractivity contribution >= 4 is 52.9 Å². The molecular formula is C13H14ClN3OS2. The molecule has 0 bridgehead atoms. The first-order chi connectivity index (χ1) is 9.74. The Kier molecular flexibility index (Phi) is 4.55. The molecule has 1 aromatic carbocycles. The van der Waals surface area contributed by atoms with Crippen molar-refractivity contribution in [1.82, 2.24) is 0 Å². The molecule has 20 heavy (non-hydrogen) atoms. The number of hydrogen-bond donors (Lipinski definition) is 1. The van der Waals surface area contributed by atoms with Crippen molar-refractivity contribution in [2.45, 2.75) is 5.44 Å². The van der Waals surface area contributed by atoms with Crippen molar-refractivity contribution in [3.05, 3.63) is 28.8 Å². The quantitative estimate of drug-likeness (QED) is 0.849. The zero-order chi connectivity index (χ0) is 13.9. The first-order valence-corrected chi connectivity index (χ1v) is 8.23. The summed E-state index contributed by atoms with van der Waals surface area (Å²) in [6, 6.07) is 6.06. The fourth-order valence-corrected chi connectivity index (χ4v) is 3.35. The van der Waals surface area contributed by atoms with E-state index >= 15 is 0 Å². The molecule has 2 aliphatic rings. The molecule has 0 amide bonds. The lowest BCUT2D eigenvalue weighted by molar-refractivity contribution is 0.0997. The SMILES string of the molecule is SC1CN(c2ccc(C3=NN=CSC3)c(Cl)c2)CCO1. The second-order valence-electron chi connectivity index (χ2n) is 4.51. The highest BCUT2D eigenvalue weighted by Gasteiger charge is 2.19. The molecule has 0 N–H and O–H groups in total. The van der Waals surface area contributed by atoms with E-state index < -0.39 is 0 Å². The van der Waals surface area contributed by atoms with Gasteiger partial charge in [0, 0.05) is 23.5 Å². The van der Waals surface area contributed by atoms with Crippen molar-refractivity contribution in [3.63, 3.8) is 0 Å². The van der Waals surface area contributed by atoms with E-state index in [1.807, 2.05) is 12.1 Å². The minimum Gasteiger partial charge on any atom is -0.366 e. The standard InChI is InChI=1S/C13H14ClN3OS2/c14-11-5-9(17-3-4-18-13(19)6-17)1-2-10(11)12-7-20-8-15-16-12/h1-2,5,8,13,19H,3-4,6-7H2. The Labute approximate surface area is 132 Å². The van der Waals surface area contributed by atoms with Gasteiger partial charge in [-0.2, -0.15) is 10.2 Å². The molecule has 1 aromatic rings. The van der Waals surface area contributed by atoms with Gasteiger partial charge in [-0.05, 0) is 18.2 Å². The highest BCUT2D eigenvalue weighted by molar-refractivity contribution is 8.12.